The fourth-order valence-electron chi connectivity index (χ4n) is 2.08. The van der Waals surface area contributed by atoms with Crippen LogP contribution in [0.5, 0.6) is 0 Å². The minimum Gasteiger partial charge on any atom is -0.423 e. The third-order valence-electron chi connectivity index (χ3n) is 3.10. The van der Waals surface area contributed by atoms with Gasteiger partial charge < -0.3 is 15.4 Å². The van der Waals surface area contributed by atoms with Crippen LogP contribution in [0, 0.1) is 10.1 Å². The van der Waals surface area contributed by atoms with Gasteiger partial charge in [-0.05, 0) is 22.4 Å². The zero-order valence-electron chi connectivity index (χ0n) is 11.0. The van der Waals surface area contributed by atoms with Gasteiger partial charge in [0.05, 0.1) is 10.6 Å². The van der Waals surface area contributed by atoms with Gasteiger partial charge >= 0.3 is 12.8 Å². The summed E-state index contributed by atoms with van der Waals surface area (Å²) >= 11 is 0. The number of non-ortho nitro benzene ring substituents is 1. The van der Waals surface area contributed by atoms with E-state index in [0.29, 0.717) is 11.4 Å². The second kappa shape index (κ2) is 5.43. The van der Waals surface area contributed by atoms with Gasteiger partial charge in [-0.3, -0.25) is 10.1 Å². The van der Waals surface area contributed by atoms with Crippen LogP contribution in [0.4, 0.5) is 17.1 Å². The fraction of sp³-hybridized carbons (Fsp3) is 0. The molecule has 3 rings (SSSR count). The minimum absolute atomic E-state index is 0.0111. The standard InChI is InChI=1S/C12H9BN4O5/c18-13(19)7-3-1-2-4-8(7)14-9-5-6-10(17(20)21)12-11(9)15-22-16-12/h1-6,14,18-19H. The first-order valence-corrected chi connectivity index (χ1v) is 6.19. The van der Waals surface area contributed by atoms with E-state index in [9.17, 15) is 20.2 Å². The van der Waals surface area contributed by atoms with Crippen molar-refractivity contribution in [1.29, 1.82) is 0 Å². The third kappa shape index (κ3) is 2.36. The molecule has 22 heavy (non-hydrogen) atoms. The van der Waals surface area contributed by atoms with E-state index in [2.05, 4.69) is 20.3 Å². The maximum atomic E-state index is 10.9. The molecule has 9 nitrogen and oxygen atoms in total. The van der Waals surface area contributed by atoms with Crippen LogP contribution in [0.25, 0.3) is 11.0 Å². The largest absolute Gasteiger partial charge is 0.490 e. The summed E-state index contributed by atoms with van der Waals surface area (Å²) in [5.74, 6) is 0. The molecule has 3 N–H and O–H groups in total. The number of fused-ring (bicyclic) bond motifs is 1. The first-order valence-electron chi connectivity index (χ1n) is 6.19. The number of nitrogens with zero attached hydrogens (tertiary/aromatic N) is 3. The molecular formula is C12H9BN4O5. The molecule has 0 bridgehead atoms. The Morgan fingerprint density at radius 2 is 1.82 bits per heavy atom. The summed E-state index contributed by atoms with van der Waals surface area (Å²) in [5, 5.41) is 39.8. The van der Waals surface area contributed by atoms with Gasteiger partial charge in [0.2, 0.25) is 5.52 Å². The first kappa shape index (κ1) is 14.0. The topological polar surface area (TPSA) is 135 Å². The SMILES string of the molecule is O=[N+]([O-])c1ccc(Nc2ccccc2B(O)O)c2nonc12. The molecule has 0 unspecified atom stereocenters. The summed E-state index contributed by atoms with van der Waals surface area (Å²) < 4.78 is 4.57. The highest BCUT2D eigenvalue weighted by molar-refractivity contribution is 6.60. The maximum Gasteiger partial charge on any atom is 0.490 e. The highest BCUT2D eigenvalue weighted by atomic mass is 16.6. The van der Waals surface area contributed by atoms with Crippen LogP contribution in [0.15, 0.2) is 41.0 Å². The number of benzene rings is 2. The second-order valence-electron chi connectivity index (χ2n) is 4.44. The molecule has 3 aromatic rings. The number of nitrogens with one attached hydrogen (secondary N) is 1. The molecule has 0 fully saturated rings. The summed E-state index contributed by atoms with van der Waals surface area (Å²) in [6.07, 6.45) is 0. The summed E-state index contributed by atoms with van der Waals surface area (Å²) in [7, 11) is -1.66. The van der Waals surface area contributed by atoms with Crippen molar-refractivity contribution in [2.24, 2.45) is 0 Å². The van der Waals surface area contributed by atoms with Crippen LogP contribution in [0.1, 0.15) is 0 Å². The number of hydrogen-bond acceptors (Lipinski definition) is 8. The molecule has 0 saturated heterocycles. The van der Waals surface area contributed by atoms with E-state index in [1.807, 2.05) is 0 Å². The number of aromatic nitrogens is 2. The van der Waals surface area contributed by atoms with Crippen LogP contribution < -0.4 is 10.8 Å². The molecule has 1 heterocycles. The van der Waals surface area contributed by atoms with E-state index < -0.39 is 12.0 Å². The quantitative estimate of drug-likeness (QED) is 0.361. The summed E-state index contributed by atoms with van der Waals surface area (Å²) in [4.78, 5) is 10.4. The van der Waals surface area contributed by atoms with Crippen LogP contribution in [-0.2, 0) is 0 Å². The number of para-hydroxylation sites is 1. The Balaban J connectivity index is 2.08. The van der Waals surface area contributed by atoms with Crippen molar-refractivity contribution in [2.75, 3.05) is 5.32 Å². The van der Waals surface area contributed by atoms with E-state index in [1.54, 1.807) is 18.2 Å². The Morgan fingerprint density at radius 3 is 2.55 bits per heavy atom. The highest BCUT2D eigenvalue weighted by Gasteiger charge is 2.21. The molecular weight excluding hydrogens is 291 g/mol. The van der Waals surface area contributed by atoms with Crippen molar-refractivity contribution in [1.82, 2.24) is 10.3 Å². The van der Waals surface area contributed by atoms with Gasteiger partial charge in [0.25, 0.3) is 0 Å². The minimum atomic E-state index is -1.66. The zero-order valence-corrected chi connectivity index (χ0v) is 11.0. The number of rotatable bonds is 4. The van der Waals surface area contributed by atoms with Crippen molar-refractivity contribution in [2.45, 2.75) is 0 Å². The molecule has 10 heteroatoms. The fourth-order valence-corrected chi connectivity index (χ4v) is 2.08. The molecule has 0 radical (unpaired) electrons. The number of nitro groups is 1. The van der Waals surface area contributed by atoms with E-state index in [1.165, 1.54) is 18.2 Å². The monoisotopic (exact) mass is 300 g/mol. The van der Waals surface area contributed by atoms with Gasteiger partial charge in [-0.15, -0.1) is 0 Å². The molecule has 0 aliphatic carbocycles. The molecule has 2 aromatic carbocycles. The Bertz CT molecular complexity index is 850. The van der Waals surface area contributed by atoms with E-state index >= 15 is 0 Å². The number of nitro benzene ring substituents is 1. The predicted molar refractivity (Wildman–Crippen MR) is 78.0 cm³/mol. The molecule has 0 atom stereocenters. The van der Waals surface area contributed by atoms with E-state index in [0.717, 1.165) is 0 Å². The summed E-state index contributed by atoms with van der Waals surface area (Å²) in [6, 6.07) is 9.26. The molecule has 0 spiro atoms. The zero-order chi connectivity index (χ0) is 15.7. The lowest BCUT2D eigenvalue weighted by Crippen LogP contribution is -2.31. The highest BCUT2D eigenvalue weighted by Crippen LogP contribution is 2.30. The van der Waals surface area contributed by atoms with Crippen LogP contribution in [0.2, 0.25) is 0 Å². The molecule has 0 aliphatic rings. The van der Waals surface area contributed by atoms with Gasteiger partial charge in [0.1, 0.15) is 0 Å². The van der Waals surface area contributed by atoms with Crippen molar-refractivity contribution >= 4 is 40.7 Å². The lowest BCUT2D eigenvalue weighted by atomic mass is 9.79. The smallest absolute Gasteiger partial charge is 0.423 e. The van der Waals surface area contributed by atoms with Gasteiger partial charge in [0, 0.05) is 17.2 Å². The maximum absolute atomic E-state index is 10.9. The van der Waals surface area contributed by atoms with Crippen molar-refractivity contribution in [3.63, 3.8) is 0 Å². The Kier molecular flexibility index (Phi) is 3.45. The van der Waals surface area contributed by atoms with Crippen molar-refractivity contribution < 1.29 is 19.6 Å². The Labute approximate surface area is 123 Å². The Hall–Kier alpha value is -2.98. The lowest BCUT2D eigenvalue weighted by molar-refractivity contribution is -0.383. The summed E-state index contributed by atoms with van der Waals surface area (Å²) in [5.41, 5.74) is 1.04. The van der Waals surface area contributed by atoms with Crippen LogP contribution >= 0.6 is 0 Å². The average molecular weight is 300 g/mol. The van der Waals surface area contributed by atoms with Gasteiger partial charge in [0.15, 0.2) is 5.52 Å². The van der Waals surface area contributed by atoms with Crippen molar-refractivity contribution in [3.8, 4) is 0 Å². The van der Waals surface area contributed by atoms with Crippen LogP contribution in [0.3, 0.4) is 0 Å². The van der Waals surface area contributed by atoms with E-state index in [-0.39, 0.29) is 22.2 Å². The Morgan fingerprint density at radius 1 is 1.09 bits per heavy atom. The number of hydrogen-bond donors (Lipinski definition) is 3. The molecule has 0 amide bonds. The third-order valence-corrected chi connectivity index (χ3v) is 3.10. The normalized spacial score (nSPS) is 10.6. The molecule has 110 valence electrons. The molecule has 0 saturated carbocycles. The molecule has 0 aliphatic heterocycles. The van der Waals surface area contributed by atoms with Gasteiger partial charge in [-0.1, -0.05) is 18.2 Å². The first-order chi connectivity index (χ1) is 10.6. The van der Waals surface area contributed by atoms with Crippen molar-refractivity contribution in [3.05, 3.63) is 46.5 Å². The lowest BCUT2D eigenvalue weighted by Gasteiger charge is -2.11. The number of anilines is 2. The average Bonchev–Trinajstić information content (AvgIpc) is 2.97. The van der Waals surface area contributed by atoms with Gasteiger partial charge in [-0.25, -0.2) is 4.63 Å². The molecule has 1 aromatic heterocycles. The van der Waals surface area contributed by atoms with E-state index in [4.69, 9.17) is 0 Å². The van der Waals surface area contributed by atoms with Crippen LogP contribution in [-0.4, -0.2) is 32.4 Å². The summed E-state index contributed by atoms with van der Waals surface area (Å²) in [6.45, 7) is 0. The van der Waals surface area contributed by atoms with Gasteiger partial charge in [-0.2, -0.15) is 0 Å². The predicted octanol–water partition coefficient (Wildman–Crippen LogP) is 0.554. The second-order valence-corrected chi connectivity index (χ2v) is 4.44.